The van der Waals surface area contributed by atoms with Crippen molar-refractivity contribution in [3.05, 3.63) is 66.4 Å². The molecular formula is C35H43N7O4. The van der Waals surface area contributed by atoms with Gasteiger partial charge in [-0.15, -0.1) is 10.2 Å². The van der Waals surface area contributed by atoms with Gasteiger partial charge in [-0.05, 0) is 83.9 Å². The number of carbonyl (C=O) groups excluding carboxylic acids is 2. The molecule has 0 spiro atoms. The van der Waals surface area contributed by atoms with Gasteiger partial charge in [-0.2, -0.15) is 0 Å². The van der Waals surface area contributed by atoms with E-state index in [0.29, 0.717) is 24.7 Å². The Morgan fingerprint density at radius 1 is 0.674 bits per heavy atom. The van der Waals surface area contributed by atoms with Gasteiger partial charge in [0.2, 0.25) is 0 Å². The zero-order valence-electron chi connectivity index (χ0n) is 27.5. The highest BCUT2D eigenvalue weighted by Gasteiger charge is 2.36. The Bertz CT molecular complexity index is 1550. The van der Waals surface area contributed by atoms with Crippen LogP contribution in [0.15, 0.2) is 54.7 Å². The molecular weight excluding hydrogens is 582 g/mol. The van der Waals surface area contributed by atoms with Crippen LogP contribution in [0.2, 0.25) is 0 Å². The number of likely N-dealkylation sites (tertiary alicyclic amines) is 2. The molecule has 2 aliphatic rings. The predicted octanol–water partition coefficient (Wildman–Crippen LogP) is 7.67. The molecule has 4 heterocycles. The first-order valence-corrected chi connectivity index (χ1v) is 16.0. The first-order valence-electron chi connectivity index (χ1n) is 16.0. The number of aromatic nitrogens is 5. The van der Waals surface area contributed by atoms with Crippen molar-refractivity contribution in [2.24, 2.45) is 0 Å². The number of hydrogen-bond donors (Lipinski definition) is 2. The number of aromatic amines is 2. The van der Waals surface area contributed by atoms with E-state index >= 15 is 0 Å². The van der Waals surface area contributed by atoms with Crippen LogP contribution in [0, 0.1) is 0 Å². The molecule has 0 unspecified atom stereocenters. The van der Waals surface area contributed by atoms with Gasteiger partial charge >= 0.3 is 12.2 Å². The van der Waals surface area contributed by atoms with E-state index < -0.39 is 11.2 Å². The van der Waals surface area contributed by atoms with E-state index in [1.165, 1.54) is 0 Å². The van der Waals surface area contributed by atoms with E-state index in [-0.39, 0.29) is 24.3 Å². The third-order valence-electron chi connectivity index (χ3n) is 8.18. The van der Waals surface area contributed by atoms with Crippen LogP contribution < -0.4 is 0 Å². The topological polar surface area (TPSA) is 129 Å². The lowest BCUT2D eigenvalue weighted by Crippen LogP contribution is -2.36. The predicted molar refractivity (Wildman–Crippen MR) is 175 cm³/mol. The van der Waals surface area contributed by atoms with Crippen molar-refractivity contribution < 1.29 is 19.1 Å². The molecule has 0 bridgehead atoms. The lowest BCUT2D eigenvalue weighted by atomic mass is 10.0. The highest BCUT2D eigenvalue weighted by molar-refractivity contribution is 5.72. The normalized spacial score (nSPS) is 18.7. The average Bonchev–Trinajstić information content (AvgIpc) is 3.82. The number of H-pyrrole nitrogens is 2. The Balaban J connectivity index is 1.11. The number of nitrogens with one attached hydrogen (secondary N) is 2. The summed E-state index contributed by atoms with van der Waals surface area (Å²) in [6.45, 7) is 12.6. The van der Waals surface area contributed by atoms with Crippen LogP contribution in [0.3, 0.4) is 0 Å². The number of carbonyl (C=O) groups is 2. The fourth-order valence-electron chi connectivity index (χ4n) is 6.05. The number of benzene rings is 2. The van der Waals surface area contributed by atoms with Gasteiger partial charge in [-0.25, -0.2) is 14.6 Å². The van der Waals surface area contributed by atoms with Gasteiger partial charge < -0.3 is 19.4 Å². The van der Waals surface area contributed by atoms with Gasteiger partial charge in [0.05, 0.1) is 24.0 Å². The molecule has 2 atom stereocenters. The SMILES string of the molecule is CC(C)(C)OC(=O)N1CCC[C@@H]1c1ncc(-c2ccc(-c3ccc(-c4nnc([C@@H]5CCCN5C(=O)OC(C)(C)C)[nH]4)cc3)cc2)[nH]1. The molecule has 11 nitrogen and oxygen atoms in total. The van der Waals surface area contributed by atoms with Crippen molar-refractivity contribution in [3.8, 4) is 33.8 Å². The molecule has 2 fully saturated rings. The fourth-order valence-corrected chi connectivity index (χ4v) is 6.05. The summed E-state index contributed by atoms with van der Waals surface area (Å²) < 4.78 is 11.2. The minimum absolute atomic E-state index is 0.121. The monoisotopic (exact) mass is 625 g/mol. The fraction of sp³-hybridized carbons (Fsp3) is 0.457. The Hall–Kier alpha value is -4.67. The number of imidazole rings is 1. The number of hydrogen-bond acceptors (Lipinski definition) is 7. The third-order valence-corrected chi connectivity index (χ3v) is 8.18. The summed E-state index contributed by atoms with van der Waals surface area (Å²) in [5.74, 6) is 2.11. The molecule has 2 amide bonds. The average molecular weight is 626 g/mol. The van der Waals surface area contributed by atoms with Crippen LogP contribution in [0.25, 0.3) is 33.8 Å². The van der Waals surface area contributed by atoms with Crippen molar-refractivity contribution in [3.63, 3.8) is 0 Å². The molecule has 4 aromatic rings. The van der Waals surface area contributed by atoms with Crippen molar-refractivity contribution >= 4 is 12.2 Å². The van der Waals surface area contributed by atoms with Crippen molar-refractivity contribution in [1.82, 2.24) is 34.9 Å². The van der Waals surface area contributed by atoms with E-state index in [2.05, 4.69) is 61.5 Å². The summed E-state index contributed by atoms with van der Waals surface area (Å²) in [7, 11) is 0. The zero-order chi connectivity index (χ0) is 32.6. The van der Waals surface area contributed by atoms with Crippen LogP contribution >= 0.6 is 0 Å². The van der Waals surface area contributed by atoms with E-state index in [0.717, 1.165) is 59.5 Å². The van der Waals surface area contributed by atoms with Crippen molar-refractivity contribution in [2.45, 2.75) is 90.5 Å². The van der Waals surface area contributed by atoms with Gasteiger partial charge in [0.1, 0.15) is 17.0 Å². The Labute approximate surface area is 269 Å². The summed E-state index contributed by atoms with van der Waals surface area (Å²) in [6, 6.07) is 16.2. The molecule has 0 radical (unpaired) electrons. The number of nitrogens with zero attached hydrogens (tertiary/aromatic N) is 5. The molecule has 2 saturated heterocycles. The minimum atomic E-state index is -0.552. The van der Waals surface area contributed by atoms with Crippen LogP contribution in [0.4, 0.5) is 9.59 Å². The summed E-state index contributed by atoms with van der Waals surface area (Å²) in [5.41, 5.74) is 3.90. The van der Waals surface area contributed by atoms with Gasteiger partial charge in [0.25, 0.3) is 0 Å². The van der Waals surface area contributed by atoms with Crippen LogP contribution in [-0.2, 0) is 9.47 Å². The first-order chi connectivity index (χ1) is 21.8. The number of amides is 2. The lowest BCUT2D eigenvalue weighted by molar-refractivity contribution is 0.0208. The maximum atomic E-state index is 12.8. The highest BCUT2D eigenvalue weighted by Crippen LogP contribution is 2.34. The van der Waals surface area contributed by atoms with Crippen LogP contribution in [-0.4, -0.2) is 71.4 Å². The molecule has 242 valence electrons. The molecule has 0 aliphatic carbocycles. The summed E-state index contributed by atoms with van der Waals surface area (Å²) in [6.07, 6.45) is 4.67. The van der Waals surface area contributed by atoms with Gasteiger partial charge in [0, 0.05) is 18.7 Å². The Morgan fingerprint density at radius 2 is 1.15 bits per heavy atom. The molecule has 6 rings (SSSR count). The molecule has 2 aromatic carbocycles. The zero-order valence-corrected chi connectivity index (χ0v) is 27.5. The molecule has 0 saturated carbocycles. The molecule has 2 aromatic heterocycles. The second kappa shape index (κ2) is 12.3. The van der Waals surface area contributed by atoms with E-state index in [9.17, 15) is 9.59 Å². The molecule has 2 N–H and O–H groups in total. The smallest absolute Gasteiger partial charge is 0.410 e. The highest BCUT2D eigenvalue weighted by atomic mass is 16.6. The minimum Gasteiger partial charge on any atom is -0.444 e. The number of ether oxygens (including phenoxy) is 2. The second-order valence-corrected chi connectivity index (χ2v) is 14.1. The summed E-state index contributed by atoms with van der Waals surface area (Å²) >= 11 is 0. The van der Waals surface area contributed by atoms with Crippen LogP contribution in [0.1, 0.15) is 91.0 Å². The van der Waals surface area contributed by atoms with Gasteiger partial charge in [0.15, 0.2) is 11.6 Å². The maximum Gasteiger partial charge on any atom is 0.410 e. The van der Waals surface area contributed by atoms with E-state index in [4.69, 9.17) is 9.47 Å². The Kier molecular flexibility index (Phi) is 8.35. The standard InChI is InChI=1S/C35H43N7O4/c1-34(2,3)45-32(43)41-19-7-9-27(41)30-36-21-26(37-30)24-15-11-22(12-16-24)23-13-17-25(18-14-23)29-38-31(40-39-29)28-10-8-20-42(28)33(44)46-35(4,5)6/h11-18,21,27-28H,7-10,19-20H2,1-6H3,(H,36,37)(H,38,39,40)/t27-,28+/m1/s1. The van der Waals surface area contributed by atoms with Gasteiger partial charge in [-0.3, -0.25) is 9.80 Å². The van der Waals surface area contributed by atoms with Crippen LogP contribution in [0.5, 0.6) is 0 Å². The van der Waals surface area contributed by atoms with E-state index in [1.807, 2.05) is 59.9 Å². The lowest BCUT2D eigenvalue weighted by Gasteiger charge is -2.27. The second-order valence-electron chi connectivity index (χ2n) is 14.1. The van der Waals surface area contributed by atoms with Gasteiger partial charge in [-0.1, -0.05) is 48.5 Å². The quantitative estimate of drug-likeness (QED) is 0.233. The largest absolute Gasteiger partial charge is 0.444 e. The first kappa shape index (κ1) is 31.3. The molecule has 11 heteroatoms. The molecule has 46 heavy (non-hydrogen) atoms. The molecule has 2 aliphatic heterocycles. The van der Waals surface area contributed by atoms with E-state index in [1.54, 1.807) is 9.80 Å². The Morgan fingerprint density at radius 3 is 1.67 bits per heavy atom. The third kappa shape index (κ3) is 6.93. The summed E-state index contributed by atoms with van der Waals surface area (Å²) in [5, 5.41) is 8.77. The van der Waals surface area contributed by atoms with Crippen molar-refractivity contribution in [1.29, 1.82) is 0 Å². The maximum absolute atomic E-state index is 12.8. The van der Waals surface area contributed by atoms with Crippen molar-refractivity contribution in [2.75, 3.05) is 13.1 Å². The number of rotatable bonds is 5. The summed E-state index contributed by atoms with van der Waals surface area (Å²) in [4.78, 5) is 40.4.